The Morgan fingerprint density at radius 2 is 2.09 bits per heavy atom. The third-order valence-electron chi connectivity index (χ3n) is 2.93. The largest absolute Gasteiger partial charge is 0.369 e. The van der Waals surface area contributed by atoms with E-state index in [-0.39, 0.29) is 17.1 Å². The van der Waals surface area contributed by atoms with Crippen LogP contribution in [0.5, 0.6) is 0 Å². The number of carbonyl (C=O) groups excluding carboxylic acids is 1. The van der Waals surface area contributed by atoms with E-state index < -0.39 is 5.91 Å². The molecule has 0 spiro atoms. The molecule has 8 heteroatoms. The maximum Gasteiger partial charge on any atom is 0.260 e. The van der Waals surface area contributed by atoms with Crippen molar-refractivity contribution >= 4 is 39.2 Å². The molecule has 2 heterocycles. The Hall–Kier alpha value is -2.19. The SMILES string of the molecule is NC(=O)CSc1nc2scc(-c3ccc(F)cc3)c2c(=O)[nH]1. The van der Waals surface area contributed by atoms with Gasteiger partial charge in [0.05, 0.1) is 11.1 Å². The number of fused-ring (bicyclic) bond motifs is 1. The molecule has 3 rings (SSSR count). The van der Waals surface area contributed by atoms with Gasteiger partial charge in [0.1, 0.15) is 10.6 Å². The molecule has 0 aliphatic heterocycles. The van der Waals surface area contributed by atoms with E-state index in [0.717, 1.165) is 17.3 Å². The van der Waals surface area contributed by atoms with Gasteiger partial charge in [0, 0.05) is 10.9 Å². The predicted octanol–water partition coefficient (Wildman–Crippen LogP) is 2.37. The highest BCUT2D eigenvalue weighted by Gasteiger charge is 2.13. The van der Waals surface area contributed by atoms with Gasteiger partial charge in [-0.15, -0.1) is 11.3 Å². The Balaban J connectivity index is 2.06. The number of hydrogen-bond donors (Lipinski definition) is 2. The van der Waals surface area contributed by atoms with Crippen LogP contribution in [0.1, 0.15) is 0 Å². The van der Waals surface area contributed by atoms with Gasteiger partial charge in [-0.25, -0.2) is 9.37 Å². The van der Waals surface area contributed by atoms with Crippen LogP contribution < -0.4 is 11.3 Å². The number of H-pyrrole nitrogens is 1. The van der Waals surface area contributed by atoms with E-state index in [0.29, 0.717) is 20.9 Å². The van der Waals surface area contributed by atoms with Crippen LogP contribution in [0.2, 0.25) is 0 Å². The van der Waals surface area contributed by atoms with Crippen LogP contribution in [0.15, 0.2) is 39.6 Å². The summed E-state index contributed by atoms with van der Waals surface area (Å²) in [5.41, 5.74) is 6.24. The van der Waals surface area contributed by atoms with Crippen LogP contribution in [0.25, 0.3) is 21.3 Å². The highest BCUT2D eigenvalue weighted by atomic mass is 32.2. The number of aromatic amines is 1. The van der Waals surface area contributed by atoms with Gasteiger partial charge in [-0.2, -0.15) is 0 Å². The molecule has 0 bridgehead atoms. The lowest BCUT2D eigenvalue weighted by Gasteiger charge is -2.01. The van der Waals surface area contributed by atoms with Crippen molar-refractivity contribution in [1.29, 1.82) is 0 Å². The third kappa shape index (κ3) is 2.88. The molecule has 5 nitrogen and oxygen atoms in total. The van der Waals surface area contributed by atoms with E-state index in [4.69, 9.17) is 5.73 Å². The minimum Gasteiger partial charge on any atom is -0.369 e. The van der Waals surface area contributed by atoms with Gasteiger partial charge in [0.25, 0.3) is 5.56 Å². The molecule has 0 aliphatic carbocycles. The van der Waals surface area contributed by atoms with Crippen molar-refractivity contribution < 1.29 is 9.18 Å². The first-order chi connectivity index (χ1) is 10.5. The Labute approximate surface area is 132 Å². The van der Waals surface area contributed by atoms with Gasteiger partial charge >= 0.3 is 0 Å². The lowest BCUT2D eigenvalue weighted by atomic mass is 10.1. The number of amides is 1. The minimum atomic E-state index is -0.481. The number of thioether (sulfide) groups is 1. The molecule has 0 saturated heterocycles. The standard InChI is InChI=1S/C14H10FN3O2S2/c15-8-3-1-7(2-4-8)9-5-21-13-11(9)12(20)17-14(18-13)22-6-10(16)19/h1-5H,6H2,(H2,16,19)(H,17,18,20). The molecule has 2 aromatic heterocycles. The fourth-order valence-corrected chi connectivity index (χ4v) is 3.58. The van der Waals surface area contributed by atoms with Crippen LogP contribution in [-0.4, -0.2) is 21.6 Å². The lowest BCUT2D eigenvalue weighted by Crippen LogP contribution is -2.15. The summed E-state index contributed by atoms with van der Waals surface area (Å²) >= 11 is 2.40. The van der Waals surface area contributed by atoms with Gasteiger partial charge in [0.2, 0.25) is 5.91 Å². The molecule has 1 aromatic carbocycles. The zero-order valence-corrected chi connectivity index (χ0v) is 12.8. The first kappa shape index (κ1) is 14.7. The van der Waals surface area contributed by atoms with Gasteiger partial charge in [-0.05, 0) is 17.7 Å². The van der Waals surface area contributed by atoms with E-state index in [1.165, 1.54) is 23.5 Å². The first-order valence-corrected chi connectivity index (χ1v) is 8.09. The van der Waals surface area contributed by atoms with Crippen LogP contribution in [0, 0.1) is 5.82 Å². The zero-order valence-electron chi connectivity index (χ0n) is 11.1. The van der Waals surface area contributed by atoms with E-state index >= 15 is 0 Å². The van der Waals surface area contributed by atoms with Crippen molar-refractivity contribution in [2.45, 2.75) is 5.16 Å². The fraction of sp³-hybridized carbons (Fsp3) is 0.0714. The van der Waals surface area contributed by atoms with Crippen LogP contribution in [-0.2, 0) is 4.79 Å². The molecule has 22 heavy (non-hydrogen) atoms. The summed E-state index contributed by atoms with van der Waals surface area (Å²) in [5, 5.41) is 2.62. The molecular weight excluding hydrogens is 325 g/mol. The molecule has 0 unspecified atom stereocenters. The topological polar surface area (TPSA) is 88.8 Å². The molecule has 0 aliphatic rings. The molecule has 0 radical (unpaired) electrons. The van der Waals surface area contributed by atoms with Crippen molar-refractivity contribution in [1.82, 2.24) is 9.97 Å². The summed E-state index contributed by atoms with van der Waals surface area (Å²) in [7, 11) is 0. The smallest absolute Gasteiger partial charge is 0.260 e. The quantitative estimate of drug-likeness (QED) is 0.566. The maximum atomic E-state index is 13.0. The number of nitrogens with two attached hydrogens (primary N) is 1. The van der Waals surface area contributed by atoms with Crippen LogP contribution >= 0.6 is 23.1 Å². The predicted molar refractivity (Wildman–Crippen MR) is 85.6 cm³/mol. The zero-order chi connectivity index (χ0) is 15.7. The molecule has 0 atom stereocenters. The maximum absolute atomic E-state index is 13.0. The number of halogens is 1. The second-order valence-electron chi connectivity index (χ2n) is 4.46. The number of rotatable bonds is 4. The van der Waals surface area contributed by atoms with Crippen molar-refractivity contribution in [2.24, 2.45) is 5.73 Å². The van der Waals surface area contributed by atoms with Gasteiger partial charge in [-0.1, -0.05) is 23.9 Å². The number of benzene rings is 1. The van der Waals surface area contributed by atoms with Crippen molar-refractivity contribution in [3.05, 3.63) is 45.8 Å². The third-order valence-corrected chi connectivity index (χ3v) is 4.70. The number of aromatic nitrogens is 2. The molecule has 1 amide bonds. The number of primary amides is 1. The first-order valence-electron chi connectivity index (χ1n) is 6.23. The Kier molecular flexibility index (Phi) is 3.95. The van der Waals surface area contributed by atoms with Gasteiger partial charge in [0.15, 0.2) is 5.16 Å². The second kappa shape index (κ2) is 5.90. The second-order valence-corrected chi connectivity index (χ2v) is 6.28. The average molecular weight is 335 g/mol. The molecule has 0 saturated carbocycles. The summed E-state index contributed by atoms with van der Waals surface area (Å²) in [5.74, 6) is -0.767. The van der Waals surface area contributed by atoms with Crippen molar-refractivity contribution in [3.8, 4) is 11.1 Å². The van der Waals surface area contributed by atoms with E-state index in [2.05, 4.69) is 9.97 Å². The fourth-order valence-electron chi connectivity index (χ4n) is 1.98. The highest BCUT2D eigenvalue weighted by Crippen LogP contribution is 2.31. The summed E-state index contributed by atoms with van der Waals surface area (Å²) < 4.78 is 13.0. The molecule has 3 N–H and O–H groups in total. The Bertz CT molecular complexity index is 903. The average Bonchev–Trinajstić information content (AvgIpc) is 2.90. The van der Waals surface area contributed by atoms with Crippen molar-refractivity contribution in [2.75, 3.05) is 5.75 Å². The van der Waals surface area contributed by atoms with Gasteiger partial charge < -0.3 is 10.7 Å². The molecule has 3 aromatic rings. The number of nitrogens with zero attached hydrogens (tertiary/aromatic N) is 1. The number of carbonyl (C=O) groups is 1. The summed E-state index contributed by atoms with van der Waals surface area (Å²) in [4.78, 5) is 30.6. The number of thiophene rings is 1. The number of hydrogen-bond acceptors (Lipinski definition) is 5. The monoisotopic (exact) mass is 335 g/mol. The van der Waals surface area contributed by atoms with Crippen LogP contribution in [0.4, 0.5) is 4.39 Å². The van der Waals surface area contributed by atoms with Gasteiger partial charge in [-0.3, -0.25) is 9.59 Å². The molecule has 0 fully saturated rings. The number of nitrogens with one attached hydrogen (secondary N) is 1. The Morgan fingerprint density at radius 3 is 2.77 bits per heavy atom. The summed E-state index contributed by atoms with van der Waals surface area (Å²) in [6.45, 7) is 0. The normalized spacial score (nSPS) is 11.0. The summed E-state index contributed by atoms with van der Waals surface area (Å²) in [6.07, 6.45) is 0. The lowest BCUT2D eigenvalue weighted by molar-refractivity contribution is -0.115. The highest BCUT2D eigenvalue weighted by molar-refractivity contribution is 7.99. The minimum absolute atomic E-state index is 0.0463. The summed E-state index contributed by atoms with van der Waals surface area (Å²) in [6, 6.07) is 5.92. The van der Waals surface area contributed by atoms with Crippen molar-refractivity contribution in [3.63, 3.8) is 0 Å². The van der Waals surface area contributed by atoms with E-state index in [1.807, 2.05) is 5.38 Å². The molecule has 112 valence electrons. The van der Waals surface area contributed by atoms with Crippen LogP contribution in [0.3, 0.4) is 0 Å². The molecular formula is C14H10FN3O2S2. The Morgan fingerprint density at radius 1 is 1.36 bits per heavy atom. The van der Waals surface area contributed by atoms with E-state index in [9.17, 15) is 14.0 Å². The van der Waals surface area contributed by atoms with E-state index in [1.54, 1.807) is 12.1 Å².